The standard InChI is InChI=1S/C8H14O4S/c9-8(10)3-1-2-7(13(11)12)6-4-5-6/h6-7H,1-5H2,(H,9,10)(H,11,12). The molecule has 1 rings (SSSR count). The molecule has 0 amide bonds. The SMILES string of the molecule is O=C(O)CCCC(C1CC1)S(=O)O. The van der Waals surface area contributed by atoms with Crippen LogP contribution >= 0.6 is 0 Å². The molecule has 2 atom stereocenters. The molecule has 13 heavy (non-hydrogen) atoms. The van der Waals surface area contributed by atoms with Crippen LogP contribution in [0.5, 0.6) is 0 Å². The Morgan fingerprint density at radius 3 is 2.54 bits per heavy atom. The summed E-state index contributed by atoms with van der Waals surface area (Å²) in [6.45, 7) is 0. The van der Waals surface area contributed by atoms with Gasteiger partial charge in [0.05, 0.1) is 5.25 Å². The number of hydrogen-bond acceptors (Lipinski definition) is 2. The van der Waals surface area contributed by atoms with Crippen LogP contribution in [0.1, 0.15) is 32.1 Å². The van der Waals surface area contributed by atoms with Crippen molar-refractivity contribution in [2.45, 2.75) is 37.4 Å². The fourth-order valence-corrected chi connectivity index (χ4v) is 2.39. The van der Waals surface area contributed by atoms with Crippen LogP contribution in [-0.2, 0) is 15.9 Å². The Morgan fingerprint density at radius 2 is 2.15 bits per heavy atom. The van der Waals surface area contributed by atoms with E-state index >= 15 is 0 Å². The van der Waals surface area contributed by atoms with Gasteiger partial charge in [0.25, 0.3) is 0 Å². The van der Waals surface area contributed by atoms with E-state index in [0.29, 0.717) is 18.8 Å². The van der Waals surface area contributed by atoms with Crippen molar-refractivity contribution in [1.29, 1.82) is 0 Å². The Labute approximate surface area is 79.6 Å². The van der Waals surface area contributed by atoms with Gasteiger partial charge in [-0.25, -0.2) is 4.21 Å². The number of carboxylic acids is 1. The quantitative estimate of drug-likeness (QED) is 0.641. The minimum absolute atomic E-state index is 0.0976. The monoisotopic (exact) mass is 206 g/mol. The first-order chi connectivity index (χ1) is 6.11. The molecule has 1 aliphatic carbocycles. The maximum atomic E-state index is 10.8. The van der Waals surface area contributed by atoms with Crippen LogP contribution in [0.25, 0.3) is 0 Å². The van der Waals surface area contributed by atoms with E-state index in [1.54, 1.807) is 0 Å². The molecule has 0 saturated heterocycles. The zero-order valence-corrected chi connectivity index (χ0v) is 8.13. The number of carboxylic acid groups (broad SMARTS) is 1. The van der Waals surface area contributed by atoms with Gasteiger partial charge in [-0.15, -0.1) is 0 Å². The summed E-state index contributed by atoms with van der Waals surface area (Å²) in [4.78, 5) is 10.2. The topological polar surface area (TPSA) is 74.6 Å². The Balaban J connectivity index is 2.22. The average molecular weight is 206 g/mol. The van der Waals surface area contributed by atoms with Crippen LogP contribution in [-0.4, -0.2) is 25.1 Å². The summed E-state index contributed by atoms with van der Waals surface area (Å²) < 4.78 is 19.7. The van der Waals surface area contributed by atoms with Gasteiger partial charge in [0.2, 0.25) is 0 Å². The van der Waals surface area contributed by atoms with Crippen LogP contribution in [0.2, 0.25) is 0 Å². The molecule has 1 fully saturated rings. The lowest BCUT2D eigenvalue weighted by Gasteiger charge is -2.09. The summed E-state index contributed by atoms with van der Waals surface area (Å²) in [5, 5.41) is 8.19. The van der Waals surface area contributed by atoms with Gasteiger partial charge in [-0.3, -0.25) is 4.79 Å². The highest BCUT2D eigenvalue weighted by Gasteiger charge is 2.34. The van der Waals surface area contributed by atoms with Gasteiger partial charge in [0, 0.05) is 6.42 Å². The van der Waals surface area contributed by atoms with Gasteiger partial charge in [0.15, 0.2) is 11.1 Å². The van der Waals surface area contributed by atoms with Crippen LogP contribution in [0.15, 0.2) is 0 Å². The summed E-state index contributed by atoms with van der Waals surface area (Å²) in [6.07, 6.45) is 3.19. The van der Waals surface area contributed by atoms with Crippen molar-refractivity contribution in [3.63, 3.8) is 0 Å². The van der Waals surface area contributed by atoms with Crippen LogP contribution in [0.4, 0.5) is 0 Å². The second-order valence-corrected chi connectivity index (χ2v) is 4.60. The van der Waals surface area contributed by atoms with Crippen LogP contribution in [0, 0.1) is 5.92 Å². The van der Waals surface area contributed by atoms with E-state index in [9.17, 15) is 9.00 Å². The third-order valence-corrected chi connectivity index (χ3v) is 3.42. The lowest BCUT2D eigenvalue weighted by Crippen LogP contribution is -2.17. The average Bonchev–Trinajstić information content (AvgIpc) is 2.79. The second kappa shape index (κ2) is 4.72. The predicted octanol–water partition coefficient (Wildman–Crippen LogP) is 1.24. The van der Waals surface area contributed by atoms with E-state index in [4.69, 9.17) is 9.66 Å². The molecule has 76 valence electrons. The molecule has 0 radical (unpaired) electrons. The van der Waals surface area contributed by atoms with E-state index < -0.39 is 17.0 Å². The normalized spacial score (nSPS) is 21.0. The summed E-state index contributed by atoms with van der Waals surface area (Å²) >= 11 is -1.78. The number of rotatable bonds is 6. The molecule has 0 bridgehead atoms. The molecule has 0 aromatic carbocycles. The largest absolute Gasteiger partial charge is 0.481 e. The number of hydrogen-bond donors (Lipinski definition) is 2. The van der Waals surface area contributed by atoms with Crippen molar-refractivity contribution in [3.8, 4) is 0 Å². The van der Waals surface area contributed by atoms with Crippen molar-refractivity contribution in [3.05, 3.63) is 0 Å². The third kappa shape index (κ3) is 3.87. The molecular formula is C8H14O4S. The van der Waals surface area contributed by atoms with Crippen LogP contribution < -0.4 is 0 Å². The maximum Gasteiger partial charge on any atom is 0.303 e. The summed E-state index contributed by atoms with van der Waals surface area (Å²) in [5.74, 6) is -0.474. The minimum Gasteiger partial charge on any atom is -0.481 e. The van der Waals surface area contributed by atoms with Crippen molar-refractivity contribution in [2.24, 2.45) is 5.92 Å². The Kier molecular flexibility index (Phi) is 3.87. The smallest absolute Gasteiger partial charge is 0.303 e. The molecule has 0 aromatic rings. The molecule has 2 N–H and O–H groups in total. The van der Waals surface area contributed by atoms with E-state index in [-0.39, 0.29) is 11.7 Å². The lowest BCUT2D eigenvalue weighted by atomic mass is 10.1. The summed E-state index contributed by atoms with van der Waals surface area (Å²) in [6, 6.07) is 0. The van der Waals surface area contributed by atoms with Crippen LogP contribution in [0.3, 0.4) is 0 Å². The zero-order chi connectivity index (χ0) is 9.84. The predicted molar refractivity (Wildman–Crippen MR) is 48.8 cm³/mol. The number of aliphatic carboxylic acids is 1. The first kappa shape index (κ1) is 10.7. The highest BCUT2D eigenvalue weighted by molar-refractivity contribution is 7.79. The van der Waals surface area contributed by atoms with E-state index in [2.05, 4.69) is 0 Å². The minimum atomic E-state index is -1.78. The van der Waals surface area contributed by atoms with Crippen molar-refractivity contribution < 1.29 is 18.7 Å². The van der Waals surface area contributed by atoms with Gasteiger partial charge >= 0.3 is 5.97 Å². The van der Waals surface area contributed by atoms with Crippen molar-refractivity contribution in [1.82, 2.24) is 0 Å². The van der Waals surface area contributed by atoms with Gasteiger partial charge in [-0.1, -0.05) is 0 Å². The molecular weight excluding hydrogens is 192 g/mol. The van der Waals surface area contributed by atoms with Gasteiger partial charge in [-0.05, 0) is 31.6 Å². The zero-order valence-electron chi connectivity index (χ0n) is 7.31. The Hall–Kier alpha value is -0.420. The molecule has 0 heterocycles. The molecule has 5 heteroatoms. The Bertz CT molecular complexity index is 212. The molecule has 0 spiro atoms. The molecule has 1 saturated carbocycles. The van der Waals surface area contributed by atoms with Gasteiger partial charge in [-0.2, -0.15) is 0 Å². The second-order valence-electron chi connectivity index (χ2n) is 3.44. The Morgan fingerprint density at radius 1 is 1.54 bits per heavy atom. The number of carbonyl (C=O) groups is 1. The van der Waals surface area contributed by atoms with Gasteiger partial charge in [0.1, 0.15) is 0 Å². The van der Waals surface area contributed by atoms with Crippen molar-refractivity contribution in [2.75, 3.05) is 0 Å². The fourth-order valence-electron chi connectivity index (χ4n) is 1.42. The highest BCUT2D eigenvalue weighted by Crippen LogP contribution is 2.37. The molecule has 0 aromatic heterocycles. The first-order valence-electron chi connectivity index (χ1n) is 4.42. The first-order valence-corrected chi connectivity index (χ1v) is 5.59. The summed E-state index contributed by atoms with van der Waals surface area (Å²) in [7, 11) is 0. The highest BCUT2D eigenvalue weighted by atomic mass is 32.2. The molecule has 1 aliphatic rings. The molecule has 0 aliphatic heterocycles. The fraction of sp³-hybridized carbons (Fsp3) is 0.875. The molecule has 2 unspecified atom stereocenters. The van der Waals surface area contributed by atoms with E-state index in [0.717, 1.165) is 12.8 Å². The lowest BCUT2D eigenvalue weighted by molar-refractivity contribution is -0.137. The van der Waals surface area contributed by atoms with E-state index in [1.807, 2.05) is 0 Å². The van der Waals surface area contributed by atoms with E-state index in [1.165, 1.54) is 0 Å². The molecule has 4 nitrogen and oxygen atoms in total. The van der Waals surface area contributed by atoms with Crippen molar-refractivity contribution >= 4 is 17.0 Å². The summed E-state index contributed by atoms with van der Waals surface area (Å²) in [5.41, 5.74) is 0. The third-order valence-electron chi connectivity index (χ3n) is 2.29. The van der Waals surface area contributed by atoms with Gasteiger partial charge < -0.3 is 9.66 Å². The maximum absolute atomic E-state index is 10.8.